The number of carbonyl (C=O) groups excluding carboxylic acids is 4. The Morgan fingerprint density at radius 3 is 2.48 bits per heavy atom. The minimum Gasteiger partial charge on any atom is -0.465 e. The molecule has 0 saturated carbocycles. The zero-order valence-electron chi connectivity index (χ0n) is 14.9. The van der Waals surface area contributed by atoms with Crippen LogP contribution in [0.25, 0.3) is 0 Å². The van der Waals surface area contributed by atoms with E-state index >= 15 is 0 Å². The number of carbonyl (C=O) groups is 4. The number of nitrogens with two attached hydrogens (primary N) is 1. The highest BCUT2D eigenvalue weighted by Gasteiger charge is 2.40. The fourth-order valence-corrected chi connectivity index (χ4v) is 3.49. The van der Waals surface area contributed by atoms with Crippen LogP contribution in [0.1, 0.15) is 23.7 Å². The fourth-order valence-electron chi connectivity index (χ4n) is 2.41. The summed E-state index contributed by atoms with van der Waals surface area (Å²) >= 11 is 1.16. The van der Waals surface area contributed by atoms with Crippen LogP contribution in [0, 0.1) is 0 Å². The van der Waals surface area contributed by atoms with E-state index in [4.69, 9.17) is 10.5 Å². The van der Waals surface area contributed by atoms with Crippen molar-refractivity contribution < 1.29 is 28.7 Å². The molecule has 0 bridgehead atoms. The highest BCUT2D eigenvalue weighted by molar-refractivity contribution is 8.00. The van der Waals surface area contributed by atoms with Gasteiger partial charge in [-0.3, -0.25) is 14.4 Å². The van der Waals surface area contributed by atoms with Crippen molar-refractivity contribution >= 4 is 53.6 Å². The van der Waals surface area contributed by atoms with Gasteiger partial charge in [0.25, 0.3) is 0 Å². The molecule has 2 N–H and O–H groups in total. The lowest BCUT2D eigenvalue weighted by atomic mass is 10.2. The summed E-state index contributed by atoms with van der Waals surface area (Å²) in [6.07, 6.45) is 0.0256. The van der Waals surface area contributed by atoms with E-state index in [1.807, 2.05) is 0 Å². The molecule has 1 fully saturated rings. The van der Waals surface area contributed by atoms with Crippen LogP contribution in [0.3, 0.4) is 0 Å². The number of nitrogens with zero attached hydrogens (tertiary/aromatic N) is 1. The third kappa shape index (κ3) is 5.44. The van der Waals surface area contributed by atoms with Gasteiger partial charge in [-0.05, 0) is 31.2 Å². The van der Waals surface area contributed by atoms with E-state index in [0.29, 0.717) is 11.3 Å². The number of methoxy groups -OCH3 is 1. The Kier molecular flexibility index (Phi) is 8.74. The Hall–Kier alpha value is -2.10. The van der Waals surface area contributed by atoms with Gasteiger partial charge in [-0.2, -0.15) is 0 Å². The molecule has 2 rings (SSSR count). The summed E-state index contributed by atoms with van der Waals surface area (Å²) in [5.41, 5.74) is 6.42. The molecule has 1 aromatic rings. The summed E-state index contributed by atoms with van der Waals surface area (Å²) in [5, 5.41) is -0.608. The second-order valence-corrected chi connectivity index (χ2v) is 6.73. The lowest BCUT2D eigenvalue weighted by molar-refractivity contribution is -0.144. The number of rotatable bonds is 7. The molecule has 2 amide bonds. The average Bonchev–Trinajstić information content (AvgIpc) is 2.92. The topological polar surface area (TPSA) is 116 Å². The Morgan fingerprint density at radius 1 is 1.30 bits per heavy atom. The molecule has 0 aliphatic carbocycles. The molecule has 0 aromatic heterocycles. The molecule has 1 aliphatic heterocycles. The molecule has 10 heteroatoms. The number of ether oxygens (including phenoxy) is 2. The SMILES string of the molecule is CCOC(=O)C(N)CSC1CC(=O)N(c2ccc(C(=O)OC)cc2)C1=O.Cl. The maximum atomic E-state index is 12.5. The molecular formula is C17H21ClN2O6S. The lowest BCUT2D eigenvalue weighted by Gasteiger charge is -2.16. The van der Waals surface area contributed by atoms with Crippen LogP contribution < -0.4 is 10.6 Å². The molecule has 1 saturated heterocycles. The third-order valence-corrected chi connectivity index (χ3v) is 5.04. The molecule has 27 heavy (non-hydrogen) atoms. The molecule has 0 spiro atoms. The lowest BCUT2D eigenvalue weighted by Crippen LogP contribution is -2.36. The first kappa shape index (κ1) is 22.9. The second kappa shape index (κ2) is 10.3. The van der Waals surface area contributed by atoms with Crippen molar-refractivity contribution in [3.8, 4) is 0 Å². The number of hydrogen-bond acceptors (Lipinski definition) is 8. The van der Waals surface area contributed by atoms with E-state index in [0.717, 1.165) is 16.7 Å². The molecule has 0 radical (unpaired) electrons. The minimum absolute atomic E-state index is 0. The highest BCUT2D eigenvalue weighted by atomic mass is 35.5. The van der Waals surface area contributed by atoms with Crippen LogP contribution in [0.2, 0.25) is 0 Å². The largest absolute Gasteiger partial charge is 0.465 e. The van der Waals surface area contributed by atoms with Crippen LogP contribution in [0.15, 0.2) is 24.3 Å². The van der Waals surface area contributed by atoms with E-state index in [9.17, 15) is 19.2 Å². The number of amides is 2. The van der Waals surface area contributed by atoms with Gasteiger partial charge in [0.1, 0.15) is 6.04 Å². The predicted octanol–water partition coefficient (Wildman–Crippen LogP) is 1.15. The number of benzene rings is 1. The van der Waals surface area contributed by atoms with Crippen molar-refractivity contribution in [2.75, 3.05) is 24.4 Å². The van der Waals surface area contributed by atoms with Crippen LogP contribution >= 0.6 is 24.2 Å². The molecule has 2 atom stereocenters. The van der Waals surface area contributed by atoms with E-state index in [1.165, 1.54) is 31.4 Å². The van der Waals surface area contributed by atoms with Crippen molar-refractivity contribution in [3.63, 3.8) is 0 Å². The third-order valence-electron chi connectivity index (χ3n) is 3.72. The fraction of sp³-hybridized carbons (Fsp3) is 0.412. The first-order valence-corrected chi connectivity index (χ1v) is 9.02. The number of halogens is 1. The second-order valence-electron chi connectivity index (χ2n) is 5.49. The van der Waals surface area contributed by atoms with Crippen molar-refractivity contribution in [2.24, 2.45) is 5.73 Å². The first-order chi connectivity index (χ1) is 12.4. The number of anilines is 1. The van der Waals surface area contributed by atoms with Gasteiger partial charge in [0, 0.05) is 12.2 Å². The summed E-state index contributed by atoms with van der Waals surface area (Å²) in [7, 11) is 1.27. The smallest absolute Gasteiger partial charge is 0.337 e. The molecule has 8 nitrogen and oxygen atoms in total. The number of thioether (sulfide) groups is 1. The van der Waals surface area contributed by atoms with Crippen molar-refractivity contribution in [2.45, 2.75) is 24.6 Å². The Balaban J connectivity index is 0.00000364. The van der Waals surface area contributed by atoms with Crippen molar-refractivity contribution in [1.82, 2.24) is 0 Å². The molecule has 148 valence electrons. The summed E-state index contributed by atoms with van der Waals surface area (Å²) in [4.78, 5) is 48.8. The number of hydrogen-bond donors (Lipinski definition) is 1. The molecule has 2 unspecified atom stereocenters. The Morgan fingerprint density at radius 2 is 1.93 bits per heavy atom. The maximum Gasteiger partial charge on any atom is 0.337 e. The standard InChI is InChI=1S/C17H20N2O6S.ClH/c1-3-25-17(23)12(18)9-26-13-8-14(20)19(15(13)21)11-6-4-10(5-7-11)16(22)24-2;/h4-7,12-13H,3,8-9,18H2,1-2H3;1H. The van der Waals surface area contributed by atoms with E-state index < -0.39 is 23.2 Å². The highest BCUT2D eigenvalue weighted by Crippen LogP contribution is 2.30. The average molecular weight is 417 g/mol. The van der Waals surface area contributed by atoms with Gasteiger partial charge >= 0.3 is 11.9 Å². The Bertz CT molecular complexity index is 712. The van der Waals surface area contributed by atoms with Crippen molar-refractivity contribution in [1.29, 1.82) is 0 Å². The number of imide groups is 1. The van der Waals surface area contributed by atoms with Gasteiger partial charge in [-0.15, -0.1) is 24.2 Å². The van der Waals surface area contributed by atoms with Gasteiger partial charge in [-0.25, -0.2) is 9.69 Å². The molecule has 1 heterocycles. The molecular weight excluding hydrogens is 396 g/mol. The summed E-state index contributed by atoms with van der Waals surface area (Å²) < 4.78 is 9.43. The predicted molar refractivity (Wildman–Crippen MR) is 103 cm³/mol. The van der Waals surface area contributed by atoms with Crippen LogP contribution in [-0.2, 0) is 23.9 Å². The summed E-state index contributed by atoms with van der Waals surface area (Å²) in [6.45, 7) is 1.91. The van der Waals surface area contributed by atoms with Gasteiger partial charge in [0.2, 0.25) is 11.8 Å². The minimum atomic E-state index is -0.851. The van der Waals surface area contributed by atoms with Gasteiger partial charge in [0.15, 0.2) is 0 Å². The molecule has 1 aliphatic rings. The quantitative estimate of drug-likeness (QED) is 0.519. The summed E-state index contributed by atoms with van der Waals surface area (Å²) in [6, 6.07) is 5.15. The van der Waals surface area contributed by atoms with Gasteiger partial charge < -0.3 is 15.2 Å². The zero-order valence-corrected chi connectivity index (χ0v) is 16.5. The monoisotopic (exact) mass is 416 g/mol. The Labute approximate surface area is 167 Å². The first-order valence-electron chi connectivity index (χ1n) is 7.98. The van der Waals surface area contributed by atoms with E-state index in [1.54, 1.807) is 6.92 Å². The summed E-state index contributed by atoms with van der Waals surface area (Å²) in [5.74, 6) is -1.58. The number of esters is 2. The maximum absolute atomic E-state index is 12.5. The van der Waals surface area contributed by atoms with E-state index in [2.05, 4.69) is 4.74 Å². The zero-order chi connectivity index (χ0) is 19.3. The normalized spacial score (nSPS) is 17.3. The van der Waals surface area contributed by atoms with Gasteiger partial charge in [0.05, 0.1) is 30.2 Å². The van der Waals surface area contributed by atoms with Gasteiger partial charge in [-0.1, -0.05) is 0 Å². The van der Waals surface area contributed by atoms with Crippen molar-refractivity contribution in [3.05, 3.63) is 29.8 Å². The van der Waals surface area contributed by atoms with Crippen LogP contribution in [0.4, 0.5) is 5.69 Å². The van der Waals surface area contributed by atoms with Crippen LogP contribution in [0.5, 0.6) is 0 Å². The molecule has 1 aromatic carbocycles. The van der Waals surface area contributed by atoms with Crippen LogP contribution in [-0.4, -0.2) is 54.5 Å². The van der Waals surface area contributed by atoms with E-state index in [-0.39, 0.29) is 43.0 Å².